The second kappa shape index (κ2) is 21.9. The molecule has 0 bridgehead atoms. The molecule has 5 heteroatoms. The minimum absolute atomic E-state index is 0. The summed E-state index contributed by atoms with van der Waals surface area (Å²) < 4.78 is 0. The van der Waals surface area contributed by atoms with Crippen LogP contribution in [0.15, 0.2) is 88.8 Å². The third kappa shape index (κ3) is 13.9. The van der Waals surface area contributed by atoms with Crippen LogP contribution in [-0.2, 0) is 22.9 Å². The standard InChI is InChI=1S/C24H32N2.C11H16O2.Ni/c1-3-5-7-14-20-24(26-22-17-12-9-13-18-22)23(19-6-4-2)25-21-15-10-8-11-16-21;1-2-3-4-6-9-7-5-8-10(12)11(9)13;/h8-13,15-18H,3-7,14,19-20H2,1-2H3;5,7-8,12-13H,2-4,6H2,1H3;/q;;+2/p-2. The van der Waals surface area contributed by atoms with Crippen molar-refractivity contribution in [3.05, 3.63) is 84.4 Å². The molecule has 40 heavy (non-hydrogen) atoms. The van der Waals surface area contributed by atoms with E-state index in [1.807, 2.05) is 36.4 Å². The molecule has 4 nitrogen and oxygen atoms in total. The van der Waals surface area contributed by atoms with Gasteiger partial charge in [0.15, 0.2) is 0 Å². The van der Waals surface area contributed by atoms with Crippen LogP contribution in [0.3, 0.4) is 0 Å². The largest absolute Gasteiger partial charge is 2.00 e. The molecule has 0 fully saturated rings. The number of benzene rings is 3. The van der Waals surface area contributed by atoms with Crippen molar-refractivity contribution in [2.24, 2.45) is 9.98 Å². The van der Waals surface area contributed by atoms with Crippen molar-refractivity contribution in [3.8, 4) is 11.5 Å². The van der Waals surface area contributed by atoms with Crippen LogP contribution >= 0.6 is 0 Å². The summed E-state index contributed by atoms with van der Waals surface area (Å²) in [6.07, 6.45) is 13.3. The fourth-order valence-corrected chi connectivity index (χ4v) is 4.23. The molecule has 3 aromatic rings. The molecule has 0 N–H and O–H groups in total. The van der Waals surface area contributed by atoms with Crippen molar-refractivity contribution >= 4 is 22.8 Å². The van der Waals surface area contributed by atoms with E-state index in [0.717, 1.165) is 67.7 Å². The van der Waals surface area contributed by atoms with E-state index in [1.54, 1.807) is 12.1 Å². The first-order chi connectivity index (χ1) is 19.1. The smallest absolute Gasteiger partial charge is 0.873 e. The van der Waals surface area contributed by atoms with Gasteiger partial charge in [0, 0.05) is 0 Å². The summed E-state index contributed by atoms with van der Waals surface area (Å²) in [5.74, 6) is -0.701. The third-order valence-electron chi connectivity index (χ3n) is 6.52. The SMILES string of the molecule is CCCCCCC(=Nc1ccccc1)C(CCCC)=Nc1ccccc1.CCCCCc1cccc([O-])c1[O-].[Ni+2]. The Morgan fingerprint density at radius 3 is 1.57 bits per heavy atom. The molecule has 0 aliphatic heterocycles. The maximum absolute atomic E-state index is 11.3. The zero-order chi connectivity index (χ0) is 28.1. The van der Waals surface area contributed by atoms with Crippen LogP contribution in [0.25, 0.3) is 0 Å². The van der Waals surface area contributed by atoms with Crippen molar-refractivity contribution in [3.63, 3.8) is 0 Å². The normalized spacial score (nSPS) is 11.4. The van der Waals surface area contributed by atoms with E-state index in [2.05, 4.69) is 45.0 Å². The van der Waals surface area contributed by atoms with Crippen LogP contribution in [0.2, 0.25) is 0 Å². The summed E-state index contributed by atoms with van der Waals surface area (Å²) in [6.45, 7) is 6.60. The van der Waals surface area contributed by atoms with Gasteiger partial charge in [0.05, 0.1) is 22.8 Å². The monoisotopic (exact) mass is 584 g/mol. The molecule has 0 aromatic heterocycles. The van der Waals surface area contributed by atoms with E-state index in [1.165, 1.54) is 38.2 Å². The molecule has 0 heterocycles. The van der Waals surface area contributed by atoms with Crippen molar-refractivity contribution in [2.45, 2.75) is 97.8 Å². The molecule has 0 aliphatic carbocycles. The zero-order valence-corrected chi connectivity index (χ0v) is 25.5. The van der Waals surface area contributed by atoms with Crippen molar-refractivity contribution in [2.75, 3.05) is 0 Å². The fraction of sp³-hybridized carbons (Fsp3) is 0.429. The second-order valence-corrected chi connectivity index (χ2v) is 9.90. The predicted octanol–water partition coefficient (Wildman–Crippen LogP) is 9.26. The summed E-state index contributed by atoms with van der Waals surface area (Å²) in [5.41, 5.74) is 5.02. The molecule has 3 aromatic carbocycles. The van der Waals surface area contributed by atoms with E-state index >= 15 is 0 Å². The number of hydrogen-bond donors (Lipinski definition) is 0. The van der Waals surface area contributed by atoms with Crippen molar-refractivity contribution in [1.82, 2.24) is 0 Å². The van der Waals surface area contributed by atoms with Gasteiger partial charge in [-0.1, -0.05) is 119 Å². The summed E-state index contributed by atoms with van der Waals surface area (Å²) in [6, 6.07) is 25.3. The topological polar surface area (TPSA) is 70.8 Å². The molecule has 3 rings (SSSR count). The van der Waals surface area contributed by atoms with E-state index in [9.17, 15) is 10.2 Å². The van der Waals surface area contributed by atoms with Gasteiger partial charge in [-0.3, -0.25) is 9.98 Å². The Bertz CT molecular complexity index is 1110. The van der Waals surface area contributed by atoms with Crippen LogP contribution in [0.4, 0.5) is 11.4 Å². The first kappa shape index (κ1) is 35.1. The Labute approximate surface area is 252 Å². The minimum Gasteiger partial charge on any atom is -0.873 e. The summed E-state index contributed by atoms with van der Waals surface area (Å²) in [5, 5.41) is 22.2. The van der Waals surface area contributed by atoms with Gasteiger partial charge in [0.25, 0.3) is 0 Å². The summed E-state index contributed by atoms with van der Waals surface area (Å²) in [7, 11) is 0. The first-order valence-electron chi connectivity index (χ1n) is 14.8. The average molecular weight is 585 g/mol. The van der Waals surface area contributed by atoms with Crippen LogP contribution < -0.4 is 10.2 Å². The fourth-order valence-electron chi connectivity index (χ4n) is 4.23. The molecular formula is C35H46N2NiO2. The summed E-state index contributed by atoms with van der Waals surface area (Å²) >= 11 is 0. The van der Waals surface area contributed by atoms with Gasteiger partial charge in [-0.05, 0) is 62.8 Å². The molecule has 0 saturated heterocycles. The van der Waals surface area contributed by atoms with E-state index in [0.29, 0.717) is 5.56 Å². The number of unbranched alkanes of at least 4 members (excludes halogenated alkanes) is 6. The molecule has 0 spiro atoms. The Kier molecular flexibility index (Phi) is 19.2. The van der Waals surface area contributed by atoms with Gasteiger partial charge >= 0.3 is 16.5 Å². The van der Waals surface area contributed by atoms with Gasteiger partial charge in [0.1, 0.15) is 0 Å². The number of nitrogens with zero attached hydrogens (tertiary/aromatic N) is 2. The molecule has 0 saturated carbocycles. The average Bonchev–Trinajstić information content (AvgIpc) is 2.96. The van der Waals surface area contributed by atoms with Crippen molar-refractivity contribution < 1.29 is 26.7 Å². The summed E-state index contributed by atoms with van der Waals surface area (Å²) in [4.78, 5) is 9.97. The molecule has 0 unspecified atom stereocenters. The molecule has 0 atom stereocenters. The Hall–Kier alpha value is -2.91. The second-order valence-electron chi connectivity index (χ2n) is 9.90. The molecule has 0 aliphatic rings. The van der Waals surface area contributed by atoms with Crippen LogP contribution in [0.1, 0.15) is 97.0 Å². The Balaban J connectivity index is 0.000000482. The quantitative estimate of drug-likeness (QED) is 0.101. The maximum Gasteiger partial charge on any atom is 2.00 e. The van der Waals surface area contributed by atoms with E-state index < -0.39 is 0 Å². The van der Waals surface area contributed by atoms with Gasteiger partial charge in [-0.15, -0.1) is 11.5 Å². The molecular weight excluding hydrogens is 539 g/mol. The van der Waals surface area contributed by atoms with Gasteiger partial charge in [0.2, 0.25) is 0 Å². The number of aryl methyl sites for hydroxylation is 1. The molecule has 0 amide bonds. The van der Waals surface area contributed by atoms with Gasteiger partial charge in [-0.25, -0.2) is 0 Å². The zero-order valence-electron chi connectivity index (χ0n) is 24.5. The van der Waals surface area contributed by atoms with Crippen LogP contribution in [0, 0.1) is 0 Å². The van der Waals surface area contributed by atoms with Crippen LogP contribution in [-0.4, -0.2) is 11.4 Å². The maximum atomic E-state index is 11.3. The minimum atomic E-state index is -0.381. The molecule has 0 radical (unpaired) electrons. The van der Waals surface area contributed by atoms with Crippen molar-refractivity contribution in [1.29, 1.82) is 0 Å². The number of hydrogen-bond acceptors (Lipinski definition) is 4. The van der Waals surface area contributed by atoms with Gasteiger partial charge < -0.3 is 10.2 Å². The first-order valence-corrected chi connectivity index (χ1v) is 14.8. The predicted molar refractivity (Wildman–Crippen MR) is 164 cm³/mol. The number of para-hydroxylation sites is 3. The number of aliphatic imine (C=N–C) groups is 2. The van der Waals surface area contributed by atoms with E-state index in [4.69, 9.17) is 9.98 Å². The number of rotatable bonds is 15. The van der Waals surface area contributed by atoms with Crippen LogP contribution in [0.5, 0.6) is 11.5 Å². The molecule has 218 valence electrons. The van der Waals surface area contributed by atoms with E-state index in [-0.39, 0.29) is 28.0 Å². The Morgan fingerprint density at radius 1 is 0.550 bits per heavy atom. The third-order valence-corrected chi connectivity index (χ3v) is 6.52. The Morgan fingerprint density at radius 2 is 1.05 bits per heavy atom. The van der Waals surface area contributed by atoms with Gasteiger partial charge in [-0.2, -0.15) is 0 Å².